The van der Waals surface area contributed by atoms with E-state index in [-0.39, 0.29) is 21.1 Å². The van der Waals surface area contributed by atoms with Crippen LogP contribution in [0.15, 0.2) is 23.1 Å². The summed E-state index contributed by atoms with van der Waals surface area (Å²) in [6.45, 7) is 0. The van der Waals surface area contributed by atoms with E-state index in [0.717, 1.165) is 6.07 Å². The van der Waals surface area contributed by atoms with Gasteiger partial charge in [-0.2, -0.15) is 5.06 Å². The van der Waals surface area contributed by atoms with Crippen molar-refractivity contribution in [3.8, 4) is 0 Å². The van der Waals surface area contributed by atoms with Crippen molar-refractivity contribution < 1.29 is 23.5 Å². The third-order valence-corrected chi connectivity index (χ3v) is 3.27. The summed E-state index contributed by atoms with van der Waals surface area (Å²) in [5.41, 5.74) is -0.279. The van der Waals surface area contributed by atoms with Crippen molar-refractivity contribution in [3.05, 3.63) is 29.3 Å². The van der Waals surface area contributed by atoms with Gasteiger partial charge in [-0.15, -0.1) is 0 Å². The van der Waals surface area contributed by atoms with E-state index in [9.17, 15) is 23.5 Å². The van der Waals surface area contributed by atoms with Crippen LogP contribution in [0.1, 0.15) is 22.1 Å². The molecule has 8 heteroatoms. The Hall–Kier alpha value is -1.48. The number of hydrogen-bond donors (Lipinski definition) is 3. The highest BCUT2D eigenvalue weighted by Gasteiger charge is 2.38. The summed E-state index contributed by atoms with van der Waals surface area (Å²) in [4.78, 5) is 11.0. The lowest BCUT2D eigenvalue weighted by molar-refractivity contribution is -0.153. The molecule has 0 saturated heterocycles. The number of fused-ring (bicyclic) bond motifs is 1. The van der Waals surface area contributed by atoms with Crippen LogP contribution in [-0.2, 0) is 10.0 Å². The fraction of sp³-hybridized carbons (Fsp3) is 0.125. The first-order valence-corrected chi connectivity index (χ1v) is 5.75. The molecule has 0 spiro atoms. The first-order chi connectivity index (χ1) is 7.34. The SMILES string of the molecule is NS(=O)(=O)c1cccc2c1C(O)N(O)C2=O. The summed E-state index contributed by atoms with van der Waals surface area (Å²) in [5.74, 6) is -0.868. The zero-order valence-corrected chi connectivity index (χ0v) is 8.68. The van der Waals surface area contributed by atoms with Crippen LogP contribution in [0, 0.1) is 0 Å². The van der Waals surface area contributed by atoms with E-state index >= 15 is 0 Å². The van der Waals surface area contributed by atoms with Gasteiger partial charge >= 0.3 is 0 Å². The molecule has 2 rings (SSSR count). The predicted molar refractivity (Wildman–Crippen MR) is 50.7 cm³/mol. The van der Waals surface area contributed by atoms with E-state index in [1.165, 1.54) is 12.1 Å². The van der Waals surface area contributed by atoms with Crippen LogP contribution >= 0.6 is 0 Å². The number of sulfonamides is 1. The molecular weight excluding hydrogens is 236 g/mol. The number of aliphatic hydroxyl groups excluding tert-OH is 1. The Bertz CT molecular complexity index is 568. The first-order valence-electron chi connectivity index (χ1n) is 4.20. The largest absolute Gasteiger partial charge is 0.367 e. The van der Waals surface area contributed by atoms with Crippen molar-refractivity contribution >= 4 is 15.9 Å². The Labute approximate surface area is 90.7 Å². The van der Waals surface area contributed by atoms with Crippen LogP contribution in [0.2, 0.25) is 0 Å². The lowest BCUT2D eigenvalue weighted by Gasteiger charge is -2.12. The minimum Gasteiger partial charge on any atom is -0.367 e. The fourth-order valence-electron chi connectivity index (χ4n) is 1.60. The lowest BCUT2D eigenvalue weighted by Crippen LogP contribution is -2.24. The van der Waals surface area contributed by atoms with Gasteiger partial charge < -0.3 is 5.11 Å². The minimum atomic E-state index is -4.06. The van der Waals surface area contributed by atoms with Gasteiger partial charge in [-0.3, -0.25) is 10.0 Å². The zero-order chi connectivity index (χ0) is 12.1. The number of carbonyl (C=O) groups excluding carboxylic acids is 1. The second-order valence-corrected chi connectivity index (χ2v) is 4.82. The molecule has 0 bridgehead atoms. The van der Waals surface area contributed by atoms with Gasteiger partial charge in [-0.05, 0) is 12.1 Å². The van der Waals surface area contributed by atoms with Gasteiger partial charge in [-0.1, -0.05) is 6.07 Å². The summed E-state index contributed by atoms with van der Waals surface area (Å²) in [6.07, 6.45) is -1.71. The Morgan fingerprint density at radius 3 is 2.56 bits per heavy atom. The average molecular weight is 244 g/mol. The maximum atomic E-state index is 11.4. The fourth-order valence-corrected chi connectivity index (χ4v) is 2.39. The molecule has 1 aliphatic rings. The third-order valence-electron chi connectivity index (χ3n) is 2.30. The molecule has 1 atom stereocenters. The van der Waals surface area contributed by atoms with Gasteiger partial charge in [0.1, 0.15) is 0 Å². The van der Waals surface area contributed by atoms with Crippen molar-refractivity contribution in [2.24, 2.45) is 5.14 Å². The normalized spacial score (nSPS) is 20.1. The Balaban J connectivity index is 2.77. The number of nitrogens with two attached hydrogens (primary N) is 1. The van der Waals surface area contributed by atoms with Gasteiger partial charge in [0.15, 0.2) is 6.23 Å². The molecular formula is C8H8N2O5S. The quantitative estimate of drug-likeness (QED) is 0.557. The Kier molecular flexibility index (Phi) is 2.24. The van der Waals surface area contributed by atoms with E-state index in [1.807, 2.05) is 0 Å². The topological polar surface area (TPSA) is 121 Å². The molecule has 1 aliphatic heterocycles. The number of carbonyl (C=O) groups is 1. The van der Waals surface area contributed by atoms with Crippen molar-refractivity contribution in [1.29, 1.82) is 0 Å². The van der Waals surface area contributed by atoms with E-state index in [4.69, 9.17) is 5.14 Å². The van der Waals surface area contributed by atoms with Crippen molar-refractivity contribution in [2.75, 3.05) is 0 Å². The van der Waals surface area contributed by atoms with Gasteiger partial charge in [-0.25, -0.2) is 13.6 Å². The van der Waals surface area contributed by atoms with Crippen LogP contribution in [0.4, 0.5) is 0 Å². The van der Waals surface area contributed by atoms with E-state index in [1.54, 1.807) is 0 Å². The monoisotopic (exact) mass is 244 g/mol. The van der Waals surface area contributed by atoms with Gasteiger partial charge in [0.05, 0.1) is 10.5 Å². The minimum absolute atomic E-state index is 0.0549. The molecule has 0 radical (unpaired) electrons. The molecule has 1 aromatic carbocycles. The number of aliphatic hydroxyl groups is 1. The number of hydrogen-bond acceptors (Lipinski definition) is 5. The highest BCUT2D eigenvalue weighted by Crippen LogP contribution is 2.34. The molecule has 1 amide bonds. The summed E-state index contributed by atoms with van der Waals surface area (Å²) >= 11 is 0. The van der Waals surface area contributed by atoms with E-state index in [0.29, 0.717) is 0 Å². The Morgan fingerprint density at radius 2 is 2.00 bits per heavy atom. The van der Waals surface area contributed by atoms with E-state index in [2.05, 4.69) is 0 Å². The standard InChI is InChI=1S/C8H8N2O5S/c9-16(14,15)5-3-1-2-4-6(5)8(12)10(13)7(4)11/h1-3,8,12-13H,(H2,9,14,15). The van der Waals surface area contributed by atoms with Crippen LogP contribution in [0.25, 0.3) is 0 Å². The molecule has 1 heterocycles. The first kappa shape index (κ1) is 11.0. The van der Waals surface area contributed by atoms with Gasteiger partial charge in [0, 0.05) is 5.56 Å². The van der Waals surface area contributed by atoms with Gasteiger partial charge in [0.25, 0.3) is 5.91 Å². The number of benzene rings is 1. The predicted octanol–water partition coefficient (Wildman–Crippen LogP) is -0.830. The summed E-state index contributed by atoms with van der Waals surface area (Å²) in [6, 6.07) is 3.76. The van der Waals surface area contributed by atoms with Crippen LogP contribution in [-0.4, -0.2) is 29.7 Å². The molecule has 1 aromatic rings. The highest BCUT2D eigenvalue weighted by molar-refractivity contribution is 7.89. The molecule has 0 aromatic heterocycles. The second-order valence-electron chi connectivity index (χ2n) is 3.29. The van der Waals surface area contributed by atoms with Crippen LogP contribution in [0.3, 0.4) is 0 Å². The third kappa shape index (κ3) is 1.39. The molecule has 1 unspecified atom stereocenters. The maximum Gasteiger partial charge on any atom is 0.280 e. The number of rotatable bonds is 1. The summed E-state index contributed by atoms with van der Waals surface area (Å²) in [7, 11) is -4.06. The number of nitrogens with zero attached hydrogens (tertiary/aromatic N) is 1. The zero-order valence-electron chi connectivity index (χ0n) is 7.86. The Morgan fingerprint density at radius 1 is 1.38 bits per heavy atom. The van der Waals surface area contributed by atoms with Crippen LogP contribution in [0.5, 0.6) is 0 Å². The van der Waals surface area contributed by atoms with Crippen LogP contribution < -0.4 is 5.14 Å². The smallest absolute Gasteiger partial charge is 0.280 e. The van der Waals surface area contributed by atoms with Crippen molar-refractivity contribution in [2.45, 2.75) is 11.1 Å². The summed E-state index contributed by atoms with van der Waals surface area (Å²) in [5, 5.41) is 23.7. The average Bonchev–Trinajstić information content (AvgIpc) is 2.43. The highest BCUT2D eigenvalue weighted by atomic mass is 32.2. The van der Waals surface area contributed by atoms with E-state index < -0.39 is 22.2 Å². The number of hydroxylamine groups is 2. The van der Waals surface area contributed by atoms with Crippen molar-refractivity contribution in [3.63, 3.8) is 0 Å². The molecule has 0 aliphatic carbocycles. The molecule has 0 saturated carbocycles. The number of amides is 1. The van der Waals surface area contributed by atoms with Gasteiger partial charge in [0.2, 0.25) is 10.0 Å². The molecule has 4 N–H and O–H groups in total. The second kappa shape index (κ2) is 3.25. The van der Waals surface area contributed by atoms with Crippen molar-refractivity contribution in [1.82, 2.24) is 5.06 Å². The maximum absolute atomic E-state index is 11.4. The summed E-state index contributed by atoms with van der Waals surface area (Å²) < 4.78 is 22.4. The molecule has 7 nitrogen and oxygen atoms in total. The molecule has 86 valence electrons. The molecule has 0 fully saturated rings. The molecule has 16 heavy (non-hydrogen) atoms. The number of primary sulfonamides is 1. The lowest BCUT2D eigenvalue weighted by atomic mass is 10.1.